The van der Waals surface area contributed by atoms with Crippen molar-refractivity contribution in [1.82, 2.24) is 4.90 Å². The molecule has 2 amide bonds. The van der Waals surface area contributed by atoms with Gasteiger partial charge < -0.3 is 20.1 Å². The second-order valence-corrected chi connectivity index (χ2v) is 7.24. The number of amides is 2. The van der Waals surface area contributed by atoms with Crippen molar-refractivity contribution in [3.8, 4) is 5.75 Å². The largest absolute Gasteiger partial charge is 0.496 e. The Labute approximate surface area is 153 Å². The Morgan fingerprint density at radius 2 is 2.19 bits per heavy atom. The molecule has 0 saturated carbocycles. The maximum Gasteiger partial charge on any atom is 0.246 e. The molecule has 0 aromatic heterocycles. The highest BCUT2D eigenvalue weighted by Gasteiger charge is 2.53. The van der Waals surface area contributed by atoms with Crippen molar-refractivity contribution in [2.75, 3.05) is 33.4 Å². The lowest BCUT2D eigenvalue weighted by atomic mass is 9.74. The first-order valence-electron chi connectivity index (χ1n) is 8.92. The first-order chi connectivity index (χ1) is 12.5. The molecule has 6 nitrogen and oxygen atoms in total. The second kappa shape index (κ2) is 7.50. The third-order valence-electron chi connectivity index (χ3n) is 5.54. The summed E-state index contributed by atoms with van der Waals surface area (Å²) in [5, 5.41) is 0. The lowest BCUT2D eigenvalue weighted by Gasteiger charge is -2.34. The molecule has 3 rings (SSSR count). The van der Waals surface area contributed by atoms with Gasteiger partial charge in [-0.3, -0.25) is 9.59 Å². The summed E-state index contributed by atoms with van der Waals surface area (Å²) >= 11 is 0. The fraction of sp³-hybridized carbons (Fsp3) is 0.500. The molecule has 6 heteroatoms. The van der Waals surface area contributed by atoms with E-state index in [0.717, 1.165) is 16.9 Å². The zero-order valence-electron chi connectivity index (χ0n) is 15.4. The van der Waals surface area contributed by atoms with Gasteiger partial charge in [0.25, 0.3) is 0 Å². The summed E-state index contributed by atoms with van der Waals surface area (Å²) in [5.74, 6) is 0.397. The van der Waals surface area contributed by atoms with Crippen molar-refractivity contribution >= 4 is 11.8 Å². The molecule has 0 aliphatic carbocycles. The number of carbonyl (C=O) groups excluding carboxylic acids is 2. The van der Waals surface area contributed by atoms with Crippen molar-refractivity contribution in [3.63, 3.8) is 0 Å². The van der Waals surface area contributed by atoms with Crippen LogP contribution < -0.4 is 10.5 Å². The summed E-state index contributed by atoms with van der Waals surface area (Å²) in [6, 6.07) is 7.77. The fourth-order valence-electron chi connectivity index (χ4n) is 4.02. The molecule has 2 atom stereocenters. The molecule has 0 spiro atoms. The minimum absolute atomic E-state index is 0.0133. The van der Waals surface area contributed by atoms with Crippen LogP contribution in [0.5, 0.6) is 5.75 Å². The average Bonchev–Trinajstić information content (AvgIpc) is 3.03. The highest BCUT2D eigenvalue weighted by Crippen LogP contribution is 2.42. The first kappa shape index (κ1) is 18.5. The molecule has 140 valence electrons. The Kier molecular flexibility index (Phi) is 5.32. The highest BCUT2D eigenvalue weighted by molar-refractivity contribution is 5.90. The maximum atomic E-state index is 12.7. The SMILES string of the molecule is COc1ccccc1CC(C)=CC(=O)N1C[C@@H]2COCC[C@]2(C(N)=O)C1. The van der Waals surface area contributed by atoms with Crippen molar-refractivity contribution in [2.24, 2.45) is 17.1 Å². The summed E-state index contributed by atoms with van der Waals surface area (Å²) in [4.78, 5) is 26.5. The van der Waals surface area contributed by atoms with Crippen LogP contribution in [0.25, 0.3) is 0 Å². The number of hydrogen-bond acceptors (Lipinski definition) is 4. The van der Waals surface area contributed by atoms with Crippen LogP contribution in [0, 0.1) is 11.3 Å². The van der Waals surface area contributed by atoms with E-state index >= 15 is 0 Å². The Balaban J connectivity index is 1.71. The summed E-state index contributed by atoms with van der Waals surface area (Å²) in [7, 11) is 1.64. The van der Waals surface area contributed by atoms with Gasteiger partial charge in [0, 0.05) is 31.7 Å². The quantitative estimate of drug-likeness (QED) is 0.810. The highest BCUT2D eigenvalue weighted by atomic mass is 16.5. The van der Waals surface area contributed by atoms with Crippen molar-refractivity contribution in [3.05, 3.63) is 41.5 Å². The lowest BCUT2D eigenvalue weighted by Crippen LogP contribution is -2.48. The van der Waals surface area contributed by atoms with Gasteiger partial charge in [-0.05, 0) is 31.4 Å². The molecule has 0 radical (unpaired) electrons. The molecule has 1 aromatic rings. The van der Waals surface area contributed by atoms with Crippen LogP contribution in [0.4, 0.5) is 0 Å². The molecule has 26 heavy (non-hydrogen) atoms. The minimum atomic E-state index is -0.641. The molecular formula is C20H26N2O4. The smallest absolute Gasteiger partial charge is 0.246 e. The van der Waals surface area contributed by atoms with Crippen LogP contribution in [0.15, 0.2) is 35.9 Å². The number of benzene rings is 1. The van der Waals surface area contributed by atoms with E-state index in [-0.39, 0.29) is 17.7 Å². The Morgan fingerprint density at radius 3 is 2.88 bits per heavy atom. The number of para-hydroxylation sites is 1. The van der Waals surface area contributed by atoms with Crippen LogP contribution in [0.2, 0.25) is 0 Å². The van der Waals surface area contributed by atoms with Gasteiger partial charge in [0.15, 0.2) is 0 Å². The topological polar surface area (TPSA) is 81.9 Å². The summed E-state index contributed by atoms with van der Waals surface area (Å²) in [6.07, 6.45) is 2.87. The van der Waals surface area contributed by atoms with Gasteiger partial charge in [-0.2, -0.15) is 0 Å². The molecule has 2 aliphatic rings. The van der Waals surface area contributed by atoms with Crippen molar-refractivity contribution < 1.29 is 19.1 Å². The molecule has 2 heterocycles. The van der Waals surface area contributed by atoms with E-state index in [9.17, 15) is 9.59 Å². The number of nitrogens with zero attached hydrogens (tertiary/aromatic N) is 1. The maximum absolute atomic E-state index is 12.7. The minimum Gasteiger partial charge on any atom is -0.496 e. The normalized spacial score (nSPS) is 25.7. The van der Waals surface area contributed by atoms with E-state index in [0.29, 0.717) is 39.1 Å². The average molecular weight is 358 g/mol. The van der Waals surface area contributed by atoms with Crippen LogP contribution in [-0.4, -0.2) is 50.1 Å². The molecular weight excluding hydrogens is 332 g/mol. The number of methoxy groups -OCH3 is 1. The number of carbonyl (C=O) groups is 2. The summed E-state index contributed by atoms with van der Waals surface area (Å²) in [6.45, 7) is 3.83. The Morgan fingerprint density at radius 1 is 1.42 bits per heavy atom. The second-order valence-electron chi connectivity index (χ2n) is 7.24. The molecule has 0 unspecified atom stereocenters. The number of fused-ring (bicyclic) bond motifs is 1. The van der Waals surface area contributed by atoms with E-state index in [1.165, 1.54) is 0 Å². The van der Waals surface area contributed by atoms with Gasteiger partial charge in [0.1, 0.15) is 5.75 Å². The van der Waals surface area contributed by atoms with Crippen LogP contribution in [0.1, 0.15) is 18.9 Å². The van der Waals surface area contributed by atoms with E-state index in [1.54, 1.807) is 18.1 Å². The van der Waals surface area contributed by atoms with Crippen molar-refractivity contribution in [2.45, 2.75) is 19.8 Å². The summed E-state index contributed by atoms with van der Waals surface area (Å²) in [5.41, 5.74) is 7.02. The summed E-state index contributed by atoms with van der Waals surface area (Å²) < 4.78 is 10.9. The van der Waals surface area contributed by atoms with Gasteiger partial charge in [-0.15, -0.1) is 0 Å². The zero-order chi connectivity index (χ0) is 18.7. The number of allylic oxidation sites excluding steroid dienone is 1. The van der Waals surface area contributed by atoms with Gasteiger partial charge in [0.05, 0.1) is 19.1 Å². The third kappa shape index (κ3) is 3.46. The zero-order valence-corrected chi connectivity index (χ0v) is 15.4. The number of likely N-dealkylation sites (tertiary alicyclic amines) is 1. The number of hydrogen-bond donors (Lipinski definition) is 1. The molecule has 0 bridgehead atoms. The molecule has 2 fully saturated rings. The van der Waals surface area contributed by atoms with E-state index in [1.807, 2.05) is 31.2 Å². The van der Waals surface area contributed by atoms with Crippen LogP contribution >= 0.6 is 0 Å². The standard InChI is InChI=1S/C20H26N2O4/c1-14(9-15-5-3-4-6-17(15)25-2)10-18(23)22-11-16-12-26-8-7-20(16,13-22)19(21)24/h3-6,10,16H,7-9,11-13H2,1-2H3,(H2,21,24)/t16-,20+/m1/s1. The first-order valence-corrected chi connectivity index (χ1v) is 8.92. The number of nitrogens with two attached hydrogens (primary N) is 1. The van der Waals surface area contributed by atoms with E-state index < -0.39 is 5.41 Å². The van der Waals surface area contributed by atoms with Gasteiger partial charge in [-0.25, -0.2) is 0 Å². The molecule has 1 aromatic carbocycles. The van der Waals surface area contributed by atoms with Gasteiger partial charge in [0.2, 0.25) is 11.8 Å². The Hall–Kier alpha value is -2.34. The van der Waals surface area contributed by atoms with E-state index in [4.69, 9.17) is 15.2 Å². The lowest BCUT2D eigenvalue weighted by molar-refractivity contribution is -0.136. The third-order valence-corrected chi connectivity index (χ3v) is 5.54. The van der Waals surface area contributed by atoms with E-state index in [2.05, 4.69) is 0 Å². The van der Waals surface area contributed by atoms with Gasteiger partial charge in [-0.1, -0.05) is 23.8 Å². The van der Waals surface area contributed by atoms with Crippen LogP contribution in [0.3, 0.4) is 0 Å². The fourth-order valence-corrected chi connectivity index (χ4v) is 4.02. The number of primary amides is 1. The predicted octanol–water partition coefficient (Wildman–Crippen LogP) is 1.53. The molecule has 2 saturated heterocycles. The molecule has 2 N–H and O–H groups in total. The Bertz CT molecular complexity index is 730. The number of ether oxygens (including phenoxy) is 2. The monoisotopic (exact) mass is 358 g/mol. The van der Waals surface area contributed by atoms with Crippen molar-refractivity contribution in [1.29, 1.82) is 0 Å². The molecule has 2 aliphatic heterocycles. The van der Waals surface area contributed by atoms with Crippen LogP contribution in [-0.2, 0) is 20.7 Å². The number of rotatable bonds is 5. The predicted molar refractivity (Wildman–Crippen MR) is 97.6 cm³/mol. The van der Waals surface area contributed by atoms with Gasteiger partial charge >= 0.3 is 0 Å².